The zero-order valence-electron chi connectivity index (χ0n) is 22.9. The molecule has 2 aliphatic rings. The Morgan fingerprint density at radius 2 is 1.60 bits per heavy atom. The first-order valence-corrected chi connectivity index (χ1v) is 13.6. The molecule has 9 nitrogen and oxygen atoms in total. The lowest BCUT2D eigenvalue weighted by atomic mass is 10.1. The van der Waals surface area contributed by atoms with E-state index in [0.29, 0.717) is 58.9 Å². The molecule has 1 amide bonds. The zero-order valence-corrected chi connectivity index (χ0v) is 22.9. The summed E-state index contributed by atoms with van der Waals surface area (Å²) in [5.41, 5.74) is 7.86. The van der Waals surface area contributed by atoms with Gasteiger partial charge >= 0.3 is 0 Å². The van der Waals surface area contributed by atoms with Crippen molar-refractivity contribution in [3.8, 4) is 34.5 Å². The fourth-order valence-electron chi connectivity index (χ4n) is 4.85. The van der Waals surface area contributed by atoms with E-state index in [1.807, 2.05) is 41.4 Å². The van der Waals surface area contributed by atoms with Gasteiger partial charge in [-0.2, -0.15) is 0 Å². The van der Waals surface area contributed by atoms with Crippen molar-refractivity contribution < 1.29 is 28.5 Å². The van der Waals surface area contributed by atoms with E-state index < -0.39 is 0 Å². The Labute approximate surface area is 234 Å². The first kappa shape index (κ1) is 27.2. The van der Waals surface area contributed by atoms with Gasteiger partial charge in [-0.1, -0.05) is 0 Å². The Kier molecular flexibility index (Phi) is 8.59. The third-order valence-corrected chi connectivity index (χ3v) is 7.04. The van der Waals surface area contributed by atoms with Gasteiger partial charge in [0, 0.05) is 24.9 Å². The Balaban J connectivity index is 1.06. The number of hydrogen-bond acceptors (Lipinski definition) is 8. The average molecular weight is 546 g/mol. The maximum absolute atomic E-state index is 13.0. The minimum atomic E-state index is 0.000937. The molecule has 9 heteroatoms. The third kappa shape index (κ3) is 6.25. The number of nitrogen functional groups attached to an aromatic ring is 1. The van der Waals surface area contributed by atoms with Gasteiger partial charge in [-0.15, -0.1) is 0 Å². The van der Waals surface area contributed by atoms with Crippen molar-refractivity contribution in [2.75, 3.05) is 39.7 Å². The largest absolute Gasteiger partial charge is 0.497 e. The molecule has 3 aromatic carbocycles. The summed E-state index contributed by atoms with van der Waals surface area (Å²) in [6, 6.07) is 16.4. The number of ether oxygens (including phenoxy) is 5. The molecule has 0 bridgehead atoms. The van der Waals surface area contributed by atoms with Crippen LogP contribution in [0.15, 0.2) is 59.6 Å². The van der Waals surface area contributed by atoms with Crippen molar-refractivity contribution in [3.63, 3.8) is 0 Å². The highest BCUT2D eigenvalue weighted by atomic mass is 16.5. The summed E-state index contributed by atoms with van der Waals surface area (Å²) < 4.78 is 28.4. The number of nitrogens with two attached hydrogens (primary N) is 1. The number of carbonyl (C=O) groups excluding carboxylic acids is 1. The molecule has 5 rings (SSSR count). The van der Waals surface area contributed by atoms with Crippen LogP contribution in [-0.4, -0.2) is 57.0 Å². The van der Waals surface area contributed by atoms with E-state index in [-0.39, 0.29) is 11.9 Å². The zero-order chi connectivity index (χ0) is 27.9. The number of nitrogens with zero attached hydrogens (tertiary/aromatic N) is 2. The van der Waals surface area contributed by atoms with Crippen LogP contribution in [0, 0.1) is 0 Å². The molecule has 1 fully saturated rings. The molecule has 0 unspecified atom stereocenters. The SMILES string of the molecule is COc1ccc(Oc2ccc(OCCCCCOc3cc4c(cc3OC)C(=O)N3CCC[C@H]3C=N4)cc2N)cc1. The second kappa shape index (κ2) is 12.6. The first-order valence-electron chi connectivity index (χ1n) is 13.6. The molecule has 0 radical (unpaired) electrons. The predicted molar refractivity (Wildman–Crippen MR) is 154 cm³/mol. The van der Waals surface area contributed by atoms with E-state index in [0.717, 1.165) is 44.4 Å². The molecule has 2 heterocycles. The number of unbranched alkanes of at least 4 members (excludes halogenated alkanes) is 2. The molecule has 0 saturated carbocycles. The lowest BCUT2D eigenvalue weighted by Gasteiger charge is -2.20. The van der Waals surface area contributed by atoms with E-state index in [4.69, 9.17) is 29.4 Å². The summed E-state index contributed by atoms with van der Waals surface area (Å²) in [7, 11) is 3.21. The summed E-state index contributed by atoms with van der Waals surface area (Å²) in [4.78, 5) is 19.5. The minimum Gasteiger partial charge on any atom is -0.497 e. The first-order chi connectivity index (χ1) is 19.6. The molecule has 2 N–H and O–H groups in total. The number of methoxy groups -OCH3 is 2. The highest BCUT2D eigenvalue weighted by Crippen LogP contribution is 2.38. The van der Waals surface area contributed by atoms with Gasteiger partial charge in [-0.05, 0) is 74.6 Å². The standard InChI is InChI=1S/C31H35N3O6/c1-36-22-8-10-23(11-9-22)40-28-13-12-24(17-26(28)32)38-15-4-3-5-16-39-30-19-27-25(18-29(30)37-2)31(35)34-14-6-7-21(34)20-33-27/h8-13,17-21H,3-7,14-16,32H2,1-2H3/t21-/m0/s1. The van der Waals surface area contributed by atoms with Crippen LogP contribution < -0.4 is 29.4 Å². The number of hydrogen-bond donors (Lipinski definition) is 1. The van der Waals surface area contributed by atoms with Gasteiger partial charge in [0.1, 0.15) is 17.2 Å². The van der Waals surface area contributed by atoms with E-state index >= 15 is 0 Å². The number of anilines is 1. The van der Waals surface area contributed by atoms with E-state index in [2.05, 4.69) is 4.99 Å². The van der Waals surface area contributed by atoms with Crippen LogP contribution in [0.25, 0.3) is 0 Å². The molecule has 210 valence electrons. The quantitative estimate of drug-likeness (QED) is 0.219. The Morgan fingerprint density at radius 1 is 0.850 bits per heavy atom. The highest BCUT2D eigenvalue weighted by molar-refractivity contribution is 6.03. The van der Waals surface area contributed by atoms with Gasteiger partial charge in [0.15, 0.2) is 17.2 Å². The number of rotatable bonds is 12. The molecule has 0 spiro atoms. The van der Waals surface area contributed by atoms with Crippen LogP contribution >= 0.6 is 0 Å². The Hall–Kier alpha value is -4.40. The van der Waals surface area contributed by atoms with Gasteiger partial charge in [-0.25, -0.2) is 0 Å². The monoisotopic (exact) mass is 545 g/mol. The summed E-state index contributed by atoms with van der Waals surface area (Å²) >= 11 is 0. The van der Waals surface area contributed by atoms with Crippen LogP contribution in [0.3, 0.4) is 0 Å². The number of benzene rings is 3. The normalized spacial score (nSPS) is 15.7. The van der Waals surface area contributed by atoms with Gasteiger partial charge in [0.2, 0.25) is 0 Å². The highest BCUT2D eigenvalue weighted by Gasteiger charge is 2.32. The lowest BCUT2D eigenvalue weighted by Crippen LogP contribution is -2.35. The maximum atomic E-state index is 13.0. The molecule has 2 aliphatic heterocycles. The fourth-order valence-corrected chi connectivity index (χ4v) is 4.85. The summed E-state index contributed by atoms with van der Waals surface area (Å²) in [6.45, 7) is 1.84. The van der Waals surface area contributed by atoms with Crippen LogP contribution in [0.1, 0.15) is 42.5 Å². The van der Waals surface area contributed by atoms with Crippen molar-refractivity contribution in [1.29, 1.82) is 0 Å². The second-order valence-electron chi connectivity index (χ2n) is 9.74. The molecule has 1 saturated heterocycles. The van der Waals surface area contributed by atoms with E-state index in [9.17, 15) is 4.79 Å². The smallest absolute Gasteiger partial charge is 0.256 e. The van der Waals surface area contributed by atoms with E-state index in [1.54, 1.807) is 38.5 Å². The molecular weight excluding hydrogens is 510 g/mol. The Morgan fingerprint density at radius 3 is 2.35 bits per heavy atom. The van der Waals surface area contributed by atoms with Gasteiger partial charge in [0.05, 0.1) is 50.4 Å². The number of carbonyl (C=O) groups is 1. The Bertz CT molecular complexity index is 1360. The van der Waals surface area contributed by atoms with Crippen LogP contribution in [-0.2, 0) is 0 Å². The molecule has 0 aliphatic carbocycles. The third-order valence-electron chi connectivity index (χ3n) is 7.04. The van der Waals surface area contributed by atoms with Crippen molar-refractivity contribution in [2.45, 2.75) is 38.1 Å². The van der Waals surface area contributed by atoms with Crippen LogP contribution in [0.5, 0.6) is 34.5 Å². The van der Waals surface area contributed by atoms with Crippen molar-refractivity contribution in [3.05, 3.63) is 60.2 Å². The summed E-state index contributed by atoms with van der Waals surface area (Å²) in [6.07, 6.45) is 6.47. The maximum Gasteiger partial charge on any atom is 0.256 e. The van der Waals surface area contributed by atoms with Crippen molar-refractivity contribution >= 4 is 23.5 Å². The molecule has 3 aromatic rings. The predicted octanol–water partition coefficient (Wildman–Crippen LogP) is 6.03. The number of amides is 1. The summed E-state index contributed by atoms with van der Waals surface area (Å²) in [5.74, 6) is 3.84. The fraction of sp³-hybridized carbons (Fsp3) is 0.355. The number of aliphatic imine (C=N–C) groups is 1. The van der Waals surface area contributed by atoms with Crippen molar-refractivity contribution in [2.24, 2.45) is 4.99 Å². The van der Waals surface area contributed by atoms with Gasteiger partial charge in [0.25, 0.3) is 5.91 Å². The topological polar surface area (TPSA) is 105 Å². The molecule has 1 atom stereocenters. The minimum absolute atomic E-state index is 0.000937. The van der Waals surface area contributed by atoms with E-state index in [1.165, 1.54) is 0 Å². The number of fused-ring (bicyclic) bond motifs is 2. The van der Waals surface area contributed by atoms with Crippen LogP contribution in [0.2, 0.25) is 0 Å². The van der Waals surface area contributed by atoms with Gasteiger partial charge < -0.3 is 34.3 Å². The molecular formula is C31H35N3O6. The van der Waals surface area contributed by atoms with Crippen molar-refractivity contribution in [1.82, 2.24) is 4.90 Å². The summed E-state index contributed by atoms with van der Waals surface area (Å²) in [5, 5.41) is 0. The molecule has 0 aromatic heterocycles. The van der Waals surface area contributed by atoms with Crippen LogP contribution in [0.4, 0.5) is 11.4 Å². The van der Waals surface area contributed by atoms with Gasteiger partial charge in [-0.3, -0.25) is 9.79 Å². The second-order valence-corrected chi connectivity index (χ2v) is 9.74. The lowest BCUT2D eigenvalue weighted by molar-refractivity contribution is 0.0774. The average Bonchev–Trinajstić information content (AvgIpc) is 3.41. The molecule has 40 heavy (non-hydrogen) atoms.